The highest BCUT2D eigenvalue weighted by Gasteiger charge is 2.44. The number of hydrogen-bond donors (Lipinski definition) is 0. The van der Waals surface area contributed by atoms with E-state index in [1.165, 1.54) is 20.9 Å². The van der Waals surface area contributed by atoms with Crippen molar-refractivity contribution in [3.05, 3.63) is 65.0 Å². The zero-order chi connectivity index (χ0) is 19.3. The van der Waals surface area contributed by atoms with E-state index in [1.807, 2.05) is 12.3 Å². The lowest BCUT2D eigenvalue weighted by Gasteiger charge is -2.22. The normalized spacial score (nSPS) is 21.6. The molecule has 2 aliphatic heterocycles. The van der Waals surface area contributed by atoms with Crippen LogP contribution in [-0.2, 0) is 26.1 Å². The van der Waals surface area contributed by atoms with Crippen LogP contribution >= 0.6 is 22.7 Å². The molecule has 1 saturated heterocycles. The van der Waals surface area contributed by atoms with E-state index in [2.05, 4.69) is 32.5 Å². The third-order valence-electron chi connectivity index (χ3n) is 5.69. The highest BCUT2D eigenvalue weighted by Crippen LogP contribution is 2.39. The monoisotopic (exact) mass is 415 g/mol. The van der Waals surface area contributed by atoms with E-state index in [9.17, 15) is 9.59 Å². The maximum atomic E-state index is 12.7. The van der Waals surface area contributed by atoms with E-state index in [1.54, 1.807) is 15.9 Å². The Morgan fingerprint density at radius 2 is 2.07 bits per heavy atom. The Hall–Kier alpha value is -2.10. The minimum atomic E-state index is -0.556. The number of hydrogen-bond acceptors (Lipinski definition) is 7. The van der Waals surface area contributed by atoms with Gasteiger partial charge in [0.2, 0.25) is 0 Å². The summed E-state index contributed by atoms with van der Waals surface area (Å²) in [6, 6.07) is 4.25. The topological polar surface area (TPSA) is 73.0 Å². The third kappa shape index (κ3) is 3.17. The van der Waals surface area contributed by atoms with E-state index < -0.39 is 11.1 Å². The van der Waals surface area contributed by atoms with Crippen molar-refractivity contribution in [1.82, 2.24) is 24.2 Å². The standard InChI is InChI=1S/C19H21N5O2S2/c1-13-20-14(10-28-13)8-24-18(26)17(25)23-12-19(7-16(23)21-24)4-5-22(11-19)9-15-3-2-6-27-15/h2-3,6,10H,4-5,7-9,11-12H2,1H3/t19-/m1/s1. The largest absolute Gasteiger partial charge is 0.332 e. The summed E-state index contributed by atoms with van der Waals surface area (Å²) in [5, 5.41) is 9.51. The van der Waals surface area contributed by atoms with Gasteiger partial charge >= 0.3 is 11.1 Å². The Kier molecular flexibility index (Phi) is 4.33. The van der Waals surface area contributed by atoms with Gasteiger partial charge in [0.15, 0.2) is 0 Å². The van der Waals surface area contributed by atoms with Gasteiger partial charge in [-0.05, 0) is 31.3 Å². The number of aryl methyl sites for hydroxylation is 1. The summed E-state index contributed by atoms with van der Waals surface area (Å²) < 4.78 is 2.90. The van der Waals surface area contributed by atoms with Crippen molar-refractivity contribution in [2.45, 2.75) is 39.4 Å². The molecule has 146 valence electrons. The fraction of sp³-hybridized carbons (Fsp3) is 0.474. The van der Waals surface area contributed by atoms with Gasteiger partial charge in [-0.3, -0.25) is 19.1 Å². The van der Waals surface area contributed by atoms with Crippen LogP contribution in [0.3, 0.4) is 0 Å². The molecule has 2 aliphatic rings. The Balaban J connectivity index is 1.38. The van der Waals surface area contributed by atoms with Gasteiger partial charge in [0.05, 0.1) is 17.2 Å². The summed E-state index contributed by atoms with van der Waals surface area (Å²) in [6.45, 7) is 5.68. The molecule has 28 heavy (non-hydrogen) atoms. The van der Waals surface area contributed by atoms with Crippen molar-refractivity contribution in [3.63, 3.8) is 0 Å². The minimum absolute atomic E-state index is 0.0132. The van der Waals surface area contributed by atoms with Gasteiger partial charge in [-0.2, -0.15) is 5.10 Å². The lowest BCUT2D eigenvalue weighted by molar-refractivity contribution is 0.247. The van der Waals surface area contributed by atoms with Crippen LogP contribution in [0.25, 0.3) is 0 Å². The Morgan fingerprint density at radius 3 is 2.82 bits per heavy atom. The smallest absolute Gasteiger partial charge is 0.298 e. The van der Waals surface area contributed by atoms with Crippen LogP contribution in [0.2, 0.25) is 0 Å². The predicted octanol–water partition coefficient (Wildman–Crippen LogP) is 1.73. The van der Waals surface area contributed by atoms with Gasteiger partial charge in [-0.1, -0.05) is 6.07 Å². The van der Waals surface area contributed by atoms with Crippen molar-refractivity contribution in [2.24, 2.45) is 5.41 Å². The summed E-state index contributed by atoms with van der Waals surface area (Å²) in [6.07, 6.45) is 1.78. The van der Waals surface area contributed by atoms with Gasteiger partial charge in [0.1, 0.15) is 5.82 Å². The van der Waals surface area contributed by atoms with Gasteiger partial charge < -0.3 is 0 Å². The molecule has 0 bridgehead atoms. The summed E-state index contributed by atoms with van der Waals surface area (Å²) in [7, 11) is 0. The molecule has 0 N–H and O–H groups in total. The van der Waals surface area contributed by atoms with Crippen LogP contribution in [0, 0.1) is 12.3 Å². The van der Waals surface area contributed by atoms with Crippen LogP contribution in [-0.4, -0.2) is 37.3 Å². The van der Waals surface area contributed by atoms with E-state index in [4.69, 9.17) is 0 Å². The van der Waals surface area contributed by atoms with E-state index >= 15 is 0 Å². The first-order valence-corrected chi connectivity index (χ1v) is 11.1. The Morgan fingerprint density at radius 1 is 1.18 bits per heavy atom. The zero-order valence-corrected chi connectivity index (χ0v) is 17.3. The van der Waals surface area contributed by atoms with E-state index in [0.29, 0.717) is 6.54 Å². The summed E-state index contributed by atoms with van der Waals surface area (Å²) in [5.41, 5.74) is -0.221. The zero-order valence-electron chi connectivity index (χ0n) is 15.6. The molecular formula is C19H21N5O2S2. The van der Waals surface area contributed by atoms with E-state index in [0.717, 1.165) is 49.0 Å². The van der Waals surface area contributed by atoms with Gasteiger partial charge in [-0.15, -0.1) is 22.7 Å². The molecule has 3 aromatic rings. The van der Waals surface area contributed by atoms with Crippen LogP contribution in [0.1, 0.15) is 27.8 Å². The second kappa shape index (κ2) is 6.75. The molecule has 0 aromatic carbocycles. The average molecular weight is 416 g/mol. The average Bonchev–Trinajstić information content (AvgIpc) is 3.44. The molecule has 0 aliphatic carbocycles. The van der Waals surface area contributed by atoms with Crippen molar-refractivity contribution in [1.29, 1.82) is 0 Å². The molecule has 0 amide bonds. The molecule has 1 fully saturated rings. The van der Waals surface area contributed by atoms with Crippen LogP contribution < -0.4 is 11.1 Å². The molecular weight excluding hydrogens is 394 g/mol. The number of aromatic nitrogens is 4. The second-order valence-electron chi connectivity index (χ2n) is 7.84. The fourth-order valence-corrected chi connectivity index (χ4v) is 5.75. The van der Waals surface area contributed by atoms with Gasteiger partial charge in [-0.25, -0.2) is 9.67 Å². The number of thiophene rings is 1. The predicted molar refractivity (Wildman–Crippen MR) is 109 cm³/mol. The molecule has 3 aromatic heterocycles. The van der Waals surface area contributed by atoms with Crippen LogP contribution in [0.15, 0.2) is 32.5 Å². The lowest BCUT2D eigenvalue weighted by Crippen LogP contribution is -2.43. The van der Waals surface area contributed by atoms with Crippen molar-refractivity contribution < 1.29 is 0 Å². The first-order valence-electron chi connectivity index (χ1n) is 9.38. The molecule has 9 heteroatoms. The fourth-order valence-electron chi connectivity index (χ4n) is 4.40. The van der Waals surface area contributed by atoms with Crippen molar-refractivity contribution in [3.8, 4) is 0 Å². The third-order valence-corrected chi connectivity index (χ3v) is 7.38. The molecule has 5 heterocycles. The van der Waals surface area contributed by atoms with Gasteiger partial charge in [0, 0.05) is 41.7 Å². The van der Waals surface area contributed by atoms with Crippen molar-refractivity contribution in [2.75, 3.05) is 13.1 Å². The molecule has 0 saturated carbocycles. The van der Waals surface area contributed by atoms with Crippen molar-refractivity contribution >= 4 is 22.7 Å². The van der Waals surface area contributed by atoms with E-state index in [-0.39, 0.29) is 12.0 Å². The lowest BCUT2D eigenvalue weighted by atomic mass is 9.86. The van der Waals surface area contributed by atoms with Crippen LogP contribution in [0.5, 0.6) is 0 Å². The van der Waals surface area contributed by atoms with Crippen LogP contribution in [0.4, 0.5) is 0 Å². The SMILES string of the molecule is Cc1nc(Cn2nc3n(c(=O)c2=O)C[C@]2(CCN(Cc4cccs4)C2)C3)cs1. The second-order valence-corrected chi connectivity index (χ2v) is 9.94. The summed E-state index contributed by atoms with van der Waals surface area (Å²) in [4.78, 5) is 33.5. The molecule has 0 radical (unpaired) electrons. The molecule has 0 unspecified atom stereocenters. The number of nitrogens with zero attached hydrogens (tertiary/aromatic N) is 5. The number of rotatable bonds is 4. The molecule has 1 spiro atoms. The Labute approximate surface area is 169 Å². The minimum Gasteiger partial charge on any atom is -0.298 e. The summed E-state index contributed by atoms with van der Waals surface area (Å²) in [5.74, 6) is 0.731. The number of thiazole rings is 1. The number of likely N-dealkylation sites (tertiary alicyclic amines) is 1. The first kappa shape index (κ1) is 18.0. The Bertz CT molecular complexity index is 1130. The maximum absolute atomic E-state index is 12.7. The molecule has 7 nitrogen and oxygen atoms in total. The molecule has 1 atom stereocenters. The summed E-state index contributed by atoms with van der Waals surface area (Å²) >= 11 is 3.31. The highest BCUT2D eigenvalue weighted by molar-refractivity contribution is 7.10. The highest BCUT2D eigenvalue weighted by atomic mass is 32.1. The molecule has 5 rings (SSSR count). The number of fused-ring (bicyclic) bond motifs is 1. The van der Waals surface area contributed by atoms with Gasteiger partial charge in [0.25, 0.3) is 0 Å². The quantitative estimate of drug-likeness (QED) is 0.607. The maximum Gasteiger partial charge on any atom is 0.332 e. The first-order chi connectivity index (χ1) is 13.5.